The lowest BCUT2D eigenvalue weighted by molar-refractivity contribution is -0.122. The lowest BCUT2D eigenvalue weighted by atomic mass is 10.1. The molecular weight excluding hydrogens is 396 g/mol. The van der Waals surface area contributed by atoms with Crippen LogP contribution in [-0.2, 0) is 9.59 Å². The SMILES string of the molecule is CCOc1ccc(Cl)cc1/C=C1/C(=O)NC(=O)N(c2ccccc2OCC)C1=O. The zero-order chi connectivity index (χ0) is 21.0. The Hall–Kier alpha value is -3.32. The number of rotatable bonds is 6. The van der Waals surface area contributed by atoms with Crippen molar-refractivity contribution in [3.8, 4) is 11.5 Å². The largest absolute Gasteiger partial charge is 0.493 e. The topological polar surface area (TPSA) is 84.9 Å². The van der Waals surface area contributed by atoms with Crippen molar-refractivity contribution in [1.82, 2.24) is 5.32 Å². The highest BCUT2D eigenvalue weighted by Crippen LogP contribution is 2.32. The van der Waals surface area contributed by atoms with Gasteiger partial charge in [-0.05, 0) is 50.3 Å². The number of benzene rings is 2. The van der Waals surface area contributed by atoms with E-state index in [4.69, 9.17) is 21.1 Å². The van der Waals surface area contributed by atoms with Crippen molar-refractivity contribution in [1.29, 1.82) is 0 Å². The number of nitrogens with zero attached hydrogens (tertiary/aromatic N) is 1. The highest BCUT2D eigenvalue weighted by molar-refractivity contribution is 6.39. The molecule has 4 amide bonds. The summed E-state index contributed by atoms with van der Waals surface area (Å²) in [5.74, 6) is -0.756. The summed E-state index contributed by atoms with van der Waals surface area (Å²) in [6.07, 6.45) is 1.36. The highest BCUT2D eigenvalue weighted by atomic mass is 35.5. The van der Waals surface area contributed by atoms with E-state index in [1.54, 1.807) is 49.4 Å². The third-order valence-corrected chi connectivity index (χ3v) is 4.31. The number of hydrogen-bond donors (Lipinski definition) is 1. The van der Waals surface area contributed by atoms with Crippen LogP contribution in [0.25, 0.3) is 6.08 Å². The summed E-state index contributed by atoms with van der Waals surface area (Å²) in [7, 11) is 0. The monoisotopic (exact) mass is 414 g/mol. The van der Waals surface area contributed by atoms with Gasteiger partial charge in [-0.1, -0.05) is 23.7 Å². The normalized spacial score (nSPS) is 15.5. The molecule has 8 heteroatoms. The molecule has 150 valence electrons. The number of carbonyl (C=O) groups is 3. The fourth-order valence-corrected chi connectivity index (χ4v) is 3.05. The molecule has 0 saturated carbocycles. The minimum absolute atomic E-state index is 0.223. The van der Waals surface area contributed by atoms with Crippen LogP contribution >= 0.6 is 11.6 Å². The zero-order valence-corrected chi connectivity index (χ0v) is 16.7. The molecule has 0 aromatic heterocycles. The number of hydrogen-bond acceptors (Lipinski definition) is 5. The summed E-state index contributed by atoms with van der Waals surface area (Å²) in [6, 6.07) is 10.6. The number of ether oxygens (including phenoxy) is 2. The smallest absolute Gasteiger partial charge is 0.336 e. The molecule has 2 aromatic carbocycles. The Labute approximate surface area is 172 Å². The standard InChI is InChI=1S/C21H19ClN2O5/c1-3-28-17-10-9-14(22)11-13(17)12-15-19(25)23-21(27)24(20(15)26)16-7-5-6-8-18(16)29-4-2/h5-12H,3-4H2,1-2H3,(H,23,25,27)/b15-12-. The van der Waals surface area contributed by atoms with Gasteiger partial charge in [-0.3, -0.25) is 14.9 Å². The Morgan fingerprint density at radius 1 is 1.00 bits per heavy atom. The Balaban J connectivity index is 2.07. The molecular formula is C21H19ClN2O5. The van der Waals surface area contributed by atoms with E-state index in [1.165, 1.54) is 6.08 Å². The number of halogens is 1. The number of carbonyl (C=O) groups excluding carboxylic acids is 3. The second-order valence-electron chi connectivity index (χ2n) is 5.97. The summed E-state index contributed by atoms with van der Waals surface area (Å²) >= 11 is 6.06. The molecule has 1 fully saturated rings. The molecule has 0 spiro atoms. The maximum atomic E-state index is 13.1. The van der Waals surface area contributed by atoms with E-state index in [2.05, 4.69) is 5.32 Å². The van der Waals surface area contributed by atoms with Crippen molar-refractivity contribution in [3.63, 3.8) is 0 Å². The predicted molar refractivity (Wildman–Crippen MR) is 109 cm³/mol. The van der Waals surface area contributed by atoms with Gasteiger partial charge >= 0.3 is 6.03 Å². The molecule has 29 heavy (non-hydrogen) atoms. The molecule has 0 atom stereocenters. The summed E-state index contributed by atoms with van der Waals surface area (Å²) in [5.41, 5.74) is 0.468. The molecule has 1 heterocycles. The van der Waals surface area contributed by atoms with Crippen molar-refractivity contribution < 1.29 is 23.9 Å². The second kappa shape index (κ2) is 8.79. The molecule has 3 rings (SSSR count). The number of imide groups is 2. The second-order valence-corrected chi connectivity index (χ2v) is 6.41. The number of para-hydroxylation sites is 2. The van der Waals surface area contributed by atoms with Crippen LogP contribution in [0.2, 0.25) is 5.02 Å². The number of barbiturate groups is 1. The average molecular weight is 415 g/mol. The van der Waals surface area contributed by atoms with Crippen molar-refractivity contribution in [2.75, 3.05) is 18.1 Å². The summed E-state index contributed by atoms with van der Waals surface area (Å²) in [4.78, 5) is 38.8. The maximum absolute atomic E-state index is 13.1. The number of anilines is 1. The molecule has 0 bridgehead atoms. The maximum Gasteiger partial charge on any atom is 0.336 e. The minimum Gasteiger partial charge on any atom is -0.493 e. The zero-order valence-electron chi connectivity index (χ0n) is 15.9. The van der Waals surface area contributed by atoms with E-state index in [9.17, 15) is 14.4 Å². The van der Waals surface area contributed by atoms with Crippen molar-refractivity contribution in [2.24, 2.45) is 0 Å². The first-order chi connectivity index (χ1) is 14.0. The van der Waals surface area contributed by atoms with E-state index >= 15 is 0 Å². The first-order valence-corrected chi connectivity index (χ1v) is 9.39. The van der Waals surface area contributed by atoms with Crippen LogP contribution in [0.5, 0.6) is 11.5 Å². The molecule has 0 radical (unpaired) electrons. The molecule has 7 nitrogen and oxygen atoms in total. The molecule has 1 N–H and O–H groups in total. The van der Waals surface area contributed by atoms with E-state index in [1.807, 2.05) is 6.92 Å². The van der Waals surface area contributed by atoms with Gasteiger partial charge in [0.05, 0.1) is 18.9 Å². The van der Waals surface area contributed by atoms with Gasteiger partial charge in [0, 0.05) is 10.6 Å². The fourth-order valence-electron chi connectivity index (χ4n) is 2.87. The van der Waals surface area contributed by atoms with Gasteiger partial charge in [0.1, 0.15) is 17.1 Å². The molecule has 2 aromatic rings. The van der Waals surface area contributed by atoms with Gasteiger partial charge in [-0.15, -0.1) is 0 Å². The third kappa shape index (κ3) is 4.25. The third-order valence-electron chi connectivity index (χ3n) is 4.08. The summed E-state index contributed by atoms with van der Waals surface area (Å²) in [5, 5.41) is 2.61. The van der Waals surface area contributed by atoms with Crippen LogP contribution < -0.4 is 19.7 Å². The van der Waals surface area contributed by atoms with E-state index in [-0.39, 0.29) is 11.3 Å². The Morgan fingerprint density at radius 3 is 2.41 bits per heavy atom. The highest BCUT2D eigenvalue weighted by Gasteiger charge is 2.38. The van der Waals surface area contributed by atoms with Gasteiger partial charge in [0.2, 0.25) is 0 Å². The van der Waals surface area contributed by atoms with E-state index < -0.39 is 17.8 Å². The molecule has 1 saturated heterocycles. The van der Waals surface area contributed by atoms with Crippen LogP contribution in [-0.4, -0.2) is 31.1 Å². The van der Waals surface area contributed by atoms with Gasteiger partial charge in [0.25, 0.3) is 11.8 Å². The van der Waals surface area contributed by atoms with Crippen molar-refractivity contribution in [2.45, 2.75) is 13.8 Å². The van der Waals surface area contributed by atoms with Gasteiger partial charge in [0.15, 0.2) is 0 Å². The quantitative estimate of drug-likeness (QED) is 0.574. The van der Waals surface area contributed by atoms with Crippen LogP contribution in [0.15, 0.2) is 48.0 Å². The van der Waals surface area contributed by atoms with Crippen molar-refractivity contribution >= 4 is 41.2 Å². The summed E-state index contributed by atoms with van der Waals surface area (Å²) < 4.78 is 11.1. The van der Waals surface area contributed by atoms with Crippen LogP contribution in [0.4, 0.5) is 10.5 Å². The number of urea groups is 1. The predicted octanol–water partition coefficient (Wildman–Crippen LogP) is 3.80. The molecule has 0 unspecified atom stereocenters. The van der Waals surface area contributed by atoms with Crippen molar-refractivity contribution in [3.05, 3.63) is 58.6 Å². The van der Waals surface area contributed by atoms with E-state index in [0.717, 1.165) is 4.90 Å². The van der Waals surface area contributed by atoms with Crippen LogP contribution in [0, 0.1) is 0 Å². The first kappa shape index (κ1) is 20.4. The molecule has 1 aliphatic heterocycles. The Kier molecular flexibility index (Phi) is 6.19. The van der Waals surface area contributed by atoms with E-state index in [0.29, 0.717) is 35.3 Å². The number of nitrogens with one attached hydrogen (secondary N) is 1. The molecule has 0 aliphatic carbocycles. The van der Waals surface area contributed by atoms with Gasteiger partial charge < -0.3 is 9.47 Å². The average Bonchev–Trinajstić information content (AvgIpc) is 2.68. The lowest BCUT2D eigenvalue weighted by Gasteiger charge is -2.27. The Bertz CT molecular complexity index is 1000. The fraction of sp³-hybridized carbons (Fsp3) is 0.190. The van der Waals surface area contributed by atoms with Gasteiger partial charge in [-0.2, -0.15) is 0 Å². The first-order valence-electron chi connectivity index (χ1n) is 9.01. The lowest BCUT2D eigenvalue weighted by Crippen LogP contribution is -2.54. The molecule has 1 aliphatic rings. The van der Waals surface area contributed by atoms with Crippen LogP contribution in [0.1, 0.15) is 19.4 Å². The summed E-state index contributed by atoms with van der Waals surface area (Å²) in [6.45, 7) is 4.35. The Morgan fingerprint density at radius 2 is 1.69 bits per heavy atom. The van der Waals surface area contributed by atoms with Gasteiger partial charge in [-0.25, -0.2) is 9.69 Å². The van der Waals surface area contributed by atoms with Crippen LogP contribution in [0.3, 0.4) is 0 Å². The minimum atomic E-state index is -0.847. The number of amides is 4.